The van der Waals surface area contributed by atoms with E-state index in [1.54, 1.807) is 0 Å². The number of aryl methyl sites for hydroxylation is 2. The van der Waals surface area contributed by atoms with E-state index in [4.69, 9.17) is 28.4 Å². The molecule has 0 radical (unpaired) electrons. The van der Waals surface area contributed by atoms with Crippen LogP contribution in [0.15, 0.2) is 78.9 Å². The predicted molar refractivity (Wildman–Crippen MR) is 242 cm³/mol. The molecular weight excluding hydrogens is 728 g/mol. The van der Waals surface area contributed by atoms with Crippen LogP contribution < -0.4 is 15.9 Å². The highest BCUT2D eigenvalue weighted by Crippen LogP contribution is 2.36. The third-order valence-electron chi connectivity index (χ3n) is 10.5. The van der Waals surface area contributed by atoms with E-state index in [9.17, 15) is 0 Å². The molecule has 0 fully saturated rings. The zero-order chi connectivity index (χ0) is 40.9. The molecule has 0 bridgehead atoms. The van der Waals surface area contributed by atoms with Gasteiger partial charge in [0.2, 0.25) is 0 Å². The number of ether oxygens (including phenoxy) is 6. The van der Waals surface area contributed by atoms with Gasteiger partial charge in [0.1, 0.15) is 0 Å². The Kier molecular flexibility index (Phi) is 25.9. The summed E-state index contributed by atoms with van der Waals surface area (Å²) in [6, 6.07) is 29.9. The summed E-state index contributed by atoms with van der Waals surface area (Å²) in [5, 5.41) is 4.49. The van der Waals surface area contributed by atoms with Crippen molar-refractivity contribution in [3.63, 3.8) is 0 Å². The van der Waals surface area contributed by atoms with E-state index < -0.39 is 19.9 Å². The van der Waals surface area contributed by atoms with Crippen LogP contribution in [0, 0.1) is 0 Å². The zero-order valence-corrected chi connectivity index (χ0v) is 37.8. The SMILES string of the molecule is CCOC(CCCCCCCCCc1ccccc1P(c1ccccc1)c1ccccc1CCCCCCCCCC(OCC)(OCC)OCC)(OCC)OCC. The lowest BCUT2D eigenvalue weighted by atomic mass is 10.0. The van der Waals surface area contributed by atoms with Crippen molar-refractivity contribution in [3.8, 4) is 0 Å². The molecular formula is C50H79O6P. The Hall–Kier alpha value is -2.15. The first kappa shape index (κ1) is 49.2. The fourth-order valence-corrected chi connectivity index (χ4v) is 10.7. The lowest BCUT2D eigenvalue weighted by Gasteiger charge is -2.32. The number of rotatable bonds is 35. The van der Waals surface area contributed by atoms with Crippen LogP contribution >= 0.6 is 7.92 Å². The van der Waals surface area contributed by atoms with Gasteiger partial charge in [-0.3, -0.25) is 0 Å². The van der Waals surface area contributed by atoms with Gasteiger partial charge in [0, 0.05) is 52.5 Å². The summed E-state index contributed by atoms with van der Waals surface area (Å²) in [5.41, 5.74) is 3.03. The third kappa shape index (κ3) is 17.9. The Balaban J connectivity index is 1.52. The highest BCUT2D eigenvalue weighted by molar-refractivity contribution is 7.80. The fraction of sp³-hybridized carbons (Fsp3) is 0.640. The second-order valence-corrected chi connectivity index (χ2v) is 17.0. The monoisotopic (exact) mass is 807 g/mol. The molecule has 0 aliphatic carbocycles. The molecule has 0 aliphatic rings. The van der Waals surface area contributed by atoms with E-state index in [1.165, 1.54) is 104 Å². The van der Waals surface area contributed by atoms with Gasteiger partial charge in [-0.1, -0.05) is 143 Å². The van der Waals surface area contributed by atoms with Crippen LogP contribution in [0.25, 0.3) is 0 Å². The third-order valence-corrected chi connectivity index (χ3v) is 13.2. The smallest absolute Gasteiger partial charge is 0.282 e. The summed E-state index contributed by atoms with van der Waals surface area (Å²) in [4.78, 5) is 0. The molecule has 3 aromatic rings. The van der Waals surface area contributed by atoms with Crippen molar-refractivity contribution in [2.75, 3.05) is 39.6 Å². The van der Waals surface area contributed by atoms with Crippen LogP contribution in [-0.4, -0.2) is 51.6 Å². The largest absolute Gasteiger partial charge is 0.328 e. The van der Waals surface area contributed by atoms with E-state index in [1.807, 2.05) is 41.5 Å². The molecule has 0 unspecified atom stereocenters. The molecule has 3 rings (SSSR count). The molecule has 0 amide bonds. The molecule has 7 heteroatoms. The maximum Gasteiger partial charge on any atom is 0.282 e. The second-order valence-electron chi connectivity index (χ2n) is 14.8. The fourth-order valence-electron chi connectivity index (χ4n) is 7.95. The first-order chi connectivity index (χ1) is 28.0. The van der Waals surface area contributed by atoms with Crippen LogP contribution in [0.5, 0.6) is 0 Å². The first-order valence-corrected chi connectivity index (χ1v) is 24.2. The first-order valence-electron chi connectivity index (χ1n) is 22.8. The highest BCUT2D eigenvalue weighted by Gasteiger charge is 2.32. The van der Waals surface area contributed by atoms with Gasteiger partial charge in [0.15, 0.2) is 0 Å². The molecule has 0 heterocycles. The topological polar surface area (TPSA) is 55.4 Å². The Morgan fingerprint density at radius 1 is 0.351 bits per heavy atom. The van der Waals surface area contributed by atoms with Gasteiger partial charge in [-0.05, 0) is 115 Å². The zero-order valence-electron chi connectivity index (χ0n) is 36.9. The number of unbranched alkanes of at least 4 members (excludes halogenated alkanes) is 12. The molecule has 0 atom stereocenters. The summed E-state index contributed by atoms with van der Waals surface area (Å²) >= 11 is 0. The molecule has 0 saturated carbocycles. The molecule has 0 saturated heterocycles. The van der Waals surface area contributed by atoms with E-state index in [2.05, 4.69) is 78.9 Å². The Morgan fingerprint density at radius 2 is 0.649 bits per heavy atom. The Labute approximate surface area is 349 Å². The van der Waals surface area contributed by atoms with Crippen LogP contribution in [-0.2, 0) is 41.3 Å². The van der Waals surface area contributed by atoms with Crippen molar-refractivity contribution in [1.29, 1.82) is 0 Å². The van der Waals surface area contributed by atoms with Crippen molar-refractivity contribution in [3.05, 3.63) is 90.0 Å². The molecule has 0 aliphatic heterocycles. The molecule has 3 aromatic carbocycles. The highest BCUT2D eigenvalue weighted by atomic mass is 31.1. The summed E-state index contributed by atoms with van der Waals surface area (Å²) < 4.78 is 35.5. The van der Waals surface area contributed by atoms with Gasteiger partial charge >= 0.3 is 0 Å². The van der Waals surface area contributed by atoms with E-state index in [0.717, 1.165) is 38.5 Å². The van der Waals surface area contributed by atoms with Crippen molar-refractivity contribution >= 4 is 23.8 Å². The van der Waals surface area contributed by atoms with Crippen molar-refractivity contribution in [1.82, 2.24) is 0 Å². The molecule has 0 N–H and O–H groups in total. The second kappa shape index (κ2) is 30.0. The minimum atomic E-state index is -0.875. The number of hydrogen-bond donors (Lipinski definition) is 0. The van der Waals surface area contributed by atoms with E-state index in [0.29, 0.717) is 39.6 Å². The van der Waals surface area contributed by atoms with Crippen LogP contribution in [0.4, 0.5) is 0 Å². The Morgan fingerprint density at radius 3 is 1.00 bits per heavy atom. The quantitative estimate of drug-likeness (QED) is 0.0335. The van der Waals surface area contributed by atoms with Gasteiger partial charge in [-0.2, -0.15) is 0 Å². The summed E-state index contributed by atoms with van der Waals surface area (Å²) in [5.74, 6) is -1.75. The minimum Gasteiger partial charge on any atom is -0.328 e. The van der Waals surface area contributed by atoms with E-state index in [-0.39, 0.29) is 0 Å². The molecule has 0 aromatic heterocycles. The summed E-state index contributed by atoms with van der Waals surface area (Å²) in [6.45, 7) is 15.6. The lowest BCUT2D eigenvalue weighted by Crippen LogP contribution is -2.39. The van der Waals surface area contributed by atoms with Crippen molar-refractivity contribution in [2.24, 2.45) is 0 Å². The van der Waals surface area contributed by atoms with Gasteiger partial charge < -0.3 is 28.4 Å². The normalized spacial score (nSPS) is 12.2. The predicted octanol–water partition coefficient (Wildman–Crippen LogP) is 12.3. The van der Waals surface area contributed by atoms with Crippen LogP contribution in [0.1, 0.15) is 155 Å². The van der Waals surface area contributed by atoms with Crippen molar-refractivity contribution in [2.45, 2.75) is 169 Å². The van der Waals surface area contributed by atoms with Crippen LogP contribution in [0.2, 0.25) is 0 Å². The molecule has 0 spiro atoms. The van der Waals surface area contributed by atoms with E-state index >= 15 is 0 Å². The van der Waals surface area contributed by atoms with Gasteiger partial charge in [0.05, 0.1) is 0 Å². The average Bonchev–Trinajstić information content (AvgIpc) is 3.22. The molecule has 320 valence electrons. The standard InChI is InChI=1S/C50H79O6P/c1-7-51-49(52-8-2,53-9-3)42-32-21-17-13-15-19-24-34-44-36-28-30-40-47(44)57(46-38-26-23-27-39-46)48-41-31-29-37-45(48)35-25-20-16-14-18-22-33-43-50(54-10-4,55-11-5)56-12-6/h23,26-31,36-41H,7-22,24-25,32-35,42-43H2,1-6H3. The maximum atomic E-state index is 5.91. The van der Waals surface area contributed by atoms with Gasteiger partial charge in [0.25, 0.3) is 11.9 Å². The van der Waals surface area contributed by atoms with Gasteiger partial charge in [-0.25, -0.2) is 0 Å². The number of hydrogen-bond acceptors (Lipinski definition) is 6. The average molecular weight is 807 g/mol. The van der Waals surface area contributed by atoms with Crippen molar-refractivity contribution < 1.29 is 28.4 Å². The Bertz CT molecular complexity index is 1300. The lowest BCUT2D eigenvalue weighted by molar-refractivity contribution is -0.380. The molecule has 6 nitrogen and oxygen atoms in total. The van der Waals surface area contributed by atoms with Gasteiger partial charge in [-0.15, -0.1) is 0 Å². The van der Waals surface area contributed by atoms with Crippen LogP contribution in [0.3, 0.4) is 0 Å². The molecule has 57 heavy (non-hydrogen) atoms. The minimum absolute atomic E-state index is 0.591. The summed E-state index contributed by atoms with van der Waals surface area (Å²) in [7, 11) is -0.655. The number of benzene rings is 3. The maximum absolute atomic E-state index is 5.91. The summed E-state index contributed by atoms with van der Waals surface area (Å²) in [6.07, 6.45) is 20.9.